The van der Waals surface area contributed by atoms with Gasteiger partial charge in [-0.15, -0.1) is 0 Å². The molecule has 0 aliphatic carbocycles. The average Bonchev–Trinajstić information content (AvgIpc) is 2.56. The van der Waals surface area contributed by atoms with Crippen LogP contribution in [-0.4, -0.2) is 19.7 Å². The second-order valence-corrected chi connectivity index (χ2v) is 5.48. The highest BCUT2D eigenvalue weighted by Crippen LogP contribution is 2.27. The molecule has 2 aromatic rings. The lowest BCUT2D eigenvalue weighted by atomic mass is 10.1. The quantitative estimate of drug-likeness (QED) is 0.614. The van der Waals surface area contributed by atoms with E-state index < -0.39 is 6.61 Å². The molecule has 0 aliphatic rings. The first-order valence-electron chi connectivity index (χ1n) is 7.65. The van der Waals surface area contributed by atoms with E-state index in [4.69, 9.17) is 10.5 Å². The smallest absolute Gasteiger partial charge is 0.387 e. The van der Waals surface area contributed by atoms with Crippen LogP contribution in [0.25, 0.3) is 0 Å². The molecule has 134 valence electrons. The van der Waals surface area contributed by atoms with Gasteiger partial charge in [0.1, 0.15) is 11.5 Å². The number of benzene rings is 2. The number of rotatable bonds is 6. The maximum Gasteiger partial charge on any atom is 0.387 e. The highest BCUT2D eigenvalue weighted by atomic mass is 19.3. The van der Waals surface area contributed by atoms with Gasteiger partial charge in [-0.3, -0.25) is 0 Å². The largest absolute Gasteiger partial charge is 0.497 e. The first-order chi connectivity index (χ1) is 11.9. The first-order valence-corrected chi connectivity index (χ1v) is 7.65. The van der Waals surface area contributed by atoms with Crippen LogP contribution in [-0.2, 0) is 6.54 Å². The van der Waals surface area contributed by atoms with Crippen LogP contribution < -0.4 is 20.5 Å². The Morgan fingerprint density at radius 2 is 1.92 bits per heavy atom. The minimum Gasteiger partial charge on any atom is -0.497 e. The molecule has 0 radical (unpaired) electrons. The van der Waals surface area contributed by atoms with Crippen molar-refractivity contribution >= 4 is 11.6 Å². The molecule has 5 nitrogen and oxygen atoms in total. The fraction of sp³-hybridized carbons (Fsp3) is 0.278. The van der Waals surface area contributed by atoms with Crippen molar-refractivity contribution in [2.75, 3.05) is 12.4 Å². The number of nitrogens with two attached hydrogens (primary N) is 1. The summed E-state index contributed by atoms with van der Waals surface area (Å²) >= 11 is 0. The van der Waals surface area contributed by atoms with E-state index in [1.165, 1.54) is 18.7 Å². The van der Waals surface area contributed by atoms with Crippen LogP contribution in [0, 0.1) is 13.8 Å². The molecule has 0 spiro atoms. The Kier molecular flexibility index (Phi) is 6.16. The molecule has 2 rings (SSSR count). The number of nitrogens with zero attached hydrogens (tertiary/aromatic N) is 1. The molecule has 3 N–H and O–H groups in total. The molecular formula is C18H21F2N3O2. The number of alkyl halides is 2. The van der Waals surface area contributed by atoms with Gasteiger partial charge in [0.2, 0.25) is 0 Å². The Labute approximate surface area is 145 Å². The highest BCUT2D eigenvalue weighted by molar-refractivity contribution is 5.92. The number of aryl methyl sites for hydroxylation is 2. The Morgan fingerprint density at radius 1 is 1.16 bits per heavy atom. The summed E-state index contributed by atoms with van der Waals surface area (Å²) in [5, 5.41) is 2.98. The molecule has 0 saturated heterocycles. The fourth-order valence-corrected chi connectivity index (χ4v) is 2.18. The molecule has 0 atom stereocenters. The van der Waals surface area contributed by atoms with Crippen molar-refractivity contribution in [2.24, 2.45) is 10.7 Å². The van der Waals surface area contributed by atoms with Gasteiger partial charge in [0.15, 0.2) is 5.96 Å². The van der Waals surface area contributed by atoms with Crippen LogP contribution in [0.1, 0.15) is 16.7 Å². The number of halogens is 2. The SMILES string of the molecule is COc1ccc(CN=C(N)Nc2ccc(C)c(C)c2)c(OC(F)F)c1. The van der Waals surface area contributed by atoms with Gasteiger partial charge < -0.3 is 20.5 Å². The van der Waals surface area contributed by atoms with E-state index in [1.54, 1.807) is 12.1 Å². The number of ether oxygens (including phenoxy) is 2. The first kappa shape index (κ1) is 18.5. The van der Waals surface area contributed by atoms with E-state index in [0.29, 0.717) is 11.3 Å². The van der Waals surface area contributed by atoms with E-state index in [0.717, 1.165) is 11.3 Å². The number of guanidine groups is 1. The Morgan fingerprint density at radius 3 is 2.56 bits per heavy atom. The van der Waals surface area contributed by atoms with E-state index in [-0.39, 0.29) is 18.3 Å². The van der Waals surface area contributed by atoms with Crippen LogP contribution in [0.15, 0.2) is 41.4 Å². The normalized spacial score (nSPS) is 11.5. The lowest BCUT2D eigenvalue weighted by molar-refractivity contribution is -0.0505. The van der Waals surface area contributed by atoms with Gasteiger partial charge in [0.05, 0.1) is 13.7 Å². The Balaban J connectivity index is 2.12. The van der Waals surface area contributed by atoms with E-state index >= 15 is 0 Å². The van der Waals surface area contributed by atoms with Crippen LogP contribution in [0.2, 0.25) is 0 Å². The molecule has 0 heterocycles. The van der Waals surface area contributed by atoms with Crippen LogP contribution in [0.5, 0.6) is 11.5 Å². The standard InChI is InChI=1S/C18H21F2N3O2/c1-11-4-6-14(8-12(11)2)23-18(21)22-10-13-5-7-15(24-3)9-16(13)25-17(19)20/h4-9,17H,10H2,1-3H3,(H3,21,22,23). The second-order valence-electron chi connectivity index (χ2n) is 5.48. The molecule has 0 bridgehead atoms. The van der Waals surface area contributed by atoms with Gasteiger partial charge in [-0.2, -0.15) is 8.78 Å². The summed E-state index contributed by atoms with van der Waals surface area (Å²) in [6.45, 7) is 1.18. The van der Waals surface area contributed by atoms with Gasteiger partial charge in [0.25, 0.3) is 0 Å². The minimum atomic E-state index is -2.93. The predicted octanol–water partition coefficient (Wildman–Crippen LogP) is 3.84. The number of hydrogen-bond acceptors (Lipinski definition) is 3. The summed E-state index contributed by atoms with van der Waals surface area (Å²) in [7, 11) is 1.45. The zero-order chi connectivity index (χ0) is 18.4. The van der Waals surface area contributed by atoms with Crippen molar-refractivity contribution in [3.05, 3.63) is 53.1 Å². The van der Waals surface area contributed by atoms with Gasteiger partial charge in [-0.25, -0.2) is 4.99 Å². The molecule has 0 amide bonds. The average molecular weight is 349 g/mol. The fourth-order valence-electron chi connectivity index (χ4n) is 2.18. The van der Waals surface area contributed by atoms with Gasteiger partial charge in [-0.05, 0) is 49.2 Å². The number of nitrogens with one attached hydrogen (secondary N) is 1. The summed E-state index contributed by atoms with van der Waals surface area (Å²) in [6, 6.07) is 10.5. The molecule has 0 aliphatic heterocycles. The molecule has 0 aromatic heterocycles. The summed E-state index contributed by atoms with van der Waals surface area (Å²) in [4.78, 5) is 4.18. The Bertz CT molecular complexity index is 764. The molecular weight excluding hydrogens is 328 g/mol. The van der Waals surface area contributed by atoms with Crippen LogP contribution >= 0.6 is 0 Å². The van der Waals surface area contributed by atoms with Gasteiger partial charge >= 0.3 is 6.61 Å². The van der Waals surface area contributed by atoms with Gasteiger partial charge in [0, 0.05) is 17.3 Å². The summed E-state index contributed by atoms with van der Waals surface area (Å²) in [6.07, 6.45) is 0. The summed E-state index contributed by atoms with van der Waals surface area (Å²) in [5.74, 6) is 0.615. The Hall–Kier alpha value is -2.83. The number of anilines is 1. The van der Waals surface area contributed by atoms with E-state index in [2.05, 4.69) is 15.0 Å². The number of hydrogen-bond donors (Lipinski definition) is 2. The number of methoxy groups -OCH3 is 1. The number of aliphatic imine (C=N–C) groups is 1. The van der Waals surface area contributed by atoms with Crippen molar-refractivity contribution < 1.29 is 18.3 Å². The predicted molar refractivity (Wildman–Crippen MR) is 94.5 cm³/mol. The highest BCUT2D eigenvalue weighted by Gasteiger charge is 2.11. The third kappa shape index (κ3) is 5.34. The van der Waals surface area contributed by atoms with Crippen molar-refractivity contribution in [3.63, 3.8) is 0 Å². The maximum absolute atomic E-state index is 12.6. The molecule has 2 aromatic carbocycles. The molecule has 25 heavy (non-hydrogen) atoms. The van der Waals surface area contributed by atoms with E-state index in [9.17, 15) is 8.78 Å². The topological polar surface area (TPSA) is 68.9 Å². The monoisotopic (exact) mass is 349 g/mol. The van der Waals surface area contributed by atoms with Crippen LogP contribution in [0.3, 0.4) is 0 Å². The third-order valence-corrected chi connectivity index (χ3v) is 3.69. The third-order valence-electron chi connectivity index (χ3n) is 3.69. The van der Waals surface area contributed by atoms with Crippen LogP contribution in [0.4, 0.5) is 14.5 Å². The molecule has 7 heteroatoms. The molecule has 0 saturated carbocycles. The van der Waals surface area contributed by atoms with Crippen molar-refractivity contribution in [3.8, 4) is 11.5 Å². The van der Waals surface area contributed by atoms with Gasteiger partial charge in [-0.1, -0.05) is 6.07 Å². The molecule has 0 fully saturated rings. The van der Waals surface area contributed by atoms with Crippen molar-refractivity contribution in [1.82, 2.24) is 0 Å². The summed E-state index contributed by atoms with van der Waals surface area (Å²) < 4.78 is 34.7. The zero-order valence-electron chi connectivity index (χ0n) is 14.3. The van der Waals surface area contributed by atoms with Crippen molar-refractivity contribution in [2.45, 2.75) is 27.0 Å². The lowest BCUT2D eigenvalue weighted by Gasteiger charge is -2.12. The second kappa shape index (κ2) is 8.32. The molecule has 0 unspecified atom stereocenters. The minimum absolute atomic E-state index is 0.0112. The van der Waals surface area contributed by atoms with E-state index in [1.807, 2.05) is 32.0 Å². The maximum atomic E-state index is 12.6. The van der Waals surface area contributed by atoms with Crippen molar-refractivity contribution in [1.29, 1.82) is 0 Å². The zero-order valence-corrected chi connectivity index (χ0v) is 14.3. The summed E-state index contributed by atoms with van der Waals surface area (Å²) in [5.41, 5.74) is 9.46. The lowest BCUT2D eigenvalue weighted by Crippen LogP contribution is -2.22.